The number of nitrogens with one attached hydrogen (secondary N) is 1. The summed E-state index contributed by atoms with van der Waals surface area (Å²) in [6.45, 7) is 8.82. The molecular formula is C36H42F7N3O4. The Morgan fingerprint density at radius 2 is 1.52 bits per heavy atom. The molecule has 0 unspecified atom stereocenters. The van der Waals surface area contributed by atoms with Gasteiger partial charge in [0.1, 0.15) is 17.7 Å². The van der Waals surface area contributed by atoms with Crippen molar-refractivity contribution in [3.63, 3.8) is 0 Å². The molecule has 2 N–H and O–H groups in total. The molecule has 1 heterocycles. The van der Waals surface area contributed by atoms with E-state index in [1.54, 1.807) is 65.7 Å². The Balaban J connectivity index is 2.29. The number of likely N-dealkylation sites (N-methyl/N-ethyl adjacent to an activating group) is 1. The minimum atomic E-state index is -4.89. The molecule has 7 nitrogen and oxygen atoms in total. The molecule has 0 aliphatic carbocycles. The number of aliphatic carboxylic acids is 1. The monoisotopic (exact) mass is 713 g/mol. The Morgan fingerprint density at radius 3 is 2.00 bits per heavy atom. The molecule has 274 valence electrons. The Bertz CT molecular complexity index is 1790. The molecule has 50 heavy (non-hydrogen) atoms. The van der Waals surface area contributed by atoms with Gasteiger partial charge in [-0.15, -0.1) is 0 Å². The van der Waals surface area contributed by atoms with E-state index in [1.807, 2.05) is 0 Å². The van der Waals surface area contributed by atoms with Gasteiger partial charge in [0.2, 0.25) is 5.91 Å². The summed E-state index contributed by atoms with van der Waals surface area (Å²) in [5.41, 5.74) is -3.62. The topological polar surface area (TPSA) is 91.6 Å². The van der Waals surface area contributed by atoms with Crippen molar-refractivity contribution < 1.29 is 45.4 Å². The number of carbonyl (C=O) groups is 2. The summed E-state index contributed by atoms with van der Waals surface area (Å²) in [6, 6.07) is 0.719. The molecule has 0 saturated heterocycles. The van der Waals surface area contributed by atoms with Crippen LogP contribution < -0.4 is 10.9 Å². The van der Waals surface area contributed by atoms with Crippen molar-refractivity contribution in [1.82, 2.24) is 14.8 Å². The average molecular weight is 714 g/mol. The number of carboxylic acids is 1. The van der Waals surface area contributed by atoms with Crippen LogP contribution in [0.25, 0.3) is 11.1 Å². The van der Waals surface area contributed by atoms with Gasteiger partial charge in [0, 0.05) is 36.9 Å². The van der Waals surface area contributed by atoms with Gasteiger partial charge in [-0.3, -0.25) is 14.4 Å². The fraction of sp³-hybridized carbons (Fsp3) is 0.472. The molecule has 0 saturated carbocycles. The Kier molecular flexibility index (Phi) is 12.4. The van der Waals surface area contributed by atoms with Gasteiger partial charge < -0.3 is 19.9 Å². The second kappa shape index (κ2) is 15.4. The minimum Gasteiger partial charge on any atom is -0.481 e. The number of amides is 1. The van der Waals surface area contributed by atoms with Gasteiger partial charge in [-0.2, -0.15) is 13.2 Å². The summed E-state index contributed by atoms with van der Waals surface area (Å²) in [6.07, 6.45) is -5.46. The number of aromatic nitrogens is 1. The van der Waals surface area contributed by atoms with Crippen LogP contribution in [-0.4, -0.2) is 47.1 Å². The lowest BCUT2D eigenvalue weighted by molar-refractivity contribution is -0.139. The third kappa shape index (κ3) is 9.32. The molecule has 0 radical (unpaired) electrons. The molecule has 3 aromatic rings. The Hall–Kier alpha value is -4.20. The molecule has 1 aromatic heterocycles. The molecule has 0 aliphatic rings. The highest BCUT2D eigenvalue weighted by Crippen LogP contribution is 2.42. The van der Waals surface area contributed by atoms with Gasteiger partial charge in [-0.1, -0.05) is 31.5 Å². The maximum absolute atomic E-state index is 16.6. The van der Waals surface area contributed by atoms with Crippen molar-refractivity contribution in [3.05, 3.63) is 91.4 Å². The highest BCUT2D eigenvalue weighted by atomic mass is 19.4. The smallest absolute Gasteiger partial charge is 0.416 e. The van der Waals surface area contributed by atoms with Crippen molar-refractivity contribution >= 4 is 11.9 Å². The van der Waals surface area contributed by atoms with E-state index >= 15 is 8.78 Å². The van der Waals surface area contributed by atoms with Crippen LogP contribution >= 0.6 is 0 Å². The summed E-state index contributed by atoms with van der Waals surface area (Å²) in [5.74, 6) is -10.2. The molecule has 0 aliphatic heterocycles. The molecule has 3 rings (SSSR count). The predicted molar refractivity (Wildman–Crippen MR) is 175 cm³/mol. The first-order valence-electron chi connectivity index (χ1n) is 15.9. The number of aryl methyl sites for hydroxylation is 3. The SMILES string of the molecule is Cc1cc(C)c(-c2cc(C(C)(F)F)c(F)c([C@H](CC(=O)O)NC(=O)[C@H](CC(C)C)n3cc(CCN(C)C)c(C(F)(F)F)cc3=O)c2F)c(C)c1. The first-order chi connectivity index (χ1) is 22.9. The second-order valence-corrected chi connectivity index (χ2v) is 13.5. The number of rotatable bonds is 13. The lowest BCUT2D eigenvalue weighted by Gasteiger charge is -2.28. The summed E-state index contributed by atoms with van der Waals surface area (Å²) in [5, 5.41) is 12.0. The van der Waals surface area contributed by atoms with Crippen LogP contribution in [0.4, 0.5) is 30.7 Å². The van der Waals surface area contributed by atoms with Crippen molar-refractivity contribution in [2.75, 3.05) is 20.6 Å². The van der Waals surface area contributed by atoms with E-state index in [0.29, 0.717) is 30.2 Å². The lowest BCUT2D eigenvalue weighted by Crippen LogP contribution is -2.41. The number of benzene rings is 2. The maximum atomic E-state index is 16.6. The fourth-order valence-electron chi connectivity index (χ4n) is 6.17. The summed E-state index contributed by atoms with van der Waals surface area (Å²) in [7, 11) is 3.27. The van der Waals surface area contributed by atoms with E-state index in [0.717, 1.165) is 16.3 Å². The first-order valence-corrected chi connectivity index (χ1v) is 15.9. The van der Waals surface area contributed by atoms with E-state index in [-0.39, 0.29) is 36.4 Å². The van der Waals surface area contributed by atoms with Gasteiger partial charge in [0.05, 0.1) is 23.6 Å². The fourth-order valence-corrected chi connectivity index (χ4v) is 6.17. The normalized spacial score (nSPS) is 13.5. The molecule has 0 spiro atoms. The van der Waals surface area contributed by atoms with Crippen LogP contribution in [0.1, 0.15) is 84.6 Å². The van der Waals surface area contributed by atoms with Crippen LogP contribution in [0.2, 0.25) is 0 Å². The number of alkyl halides is 5. The highest BCUT2D eigenvalue weighted by Gasteiger charge is 2.39. The predicted octanol–water partition coefficient (Wildman–Crippen LogP) is 7.87. The number of carboxylic acid groups (broad SMARTS) is 1. The van der Waals surface area contributed by atoms with Crippen molar-refractivity contribution in [2.45, 2.75) is 85.0 Å². The van der Waals surface area contributed by atoms with Gasteiger partial charge in [0.25, 0.3) is 11.5 Å². The number of nitrogens with zero attached hydrogens (tertiary/aromatic N) is 2. The largest absolute Gasteiger partial charge is 0.481 e. The molecule has 1 amide bonds. The van der Waals surface area contributed by atoms with Gasteiger partial charge in [0.15, 0.2) is 0 Å². The number of hydrogen-bond donors (Lipinski definition) is 2. The number of pyridine rings is 1. The van der Waals surface area contributed by atoms with E-state index < -0.39 is 81.9 Å². The average Bonchev–Trinajstić information content (AvgIpc) is 2.94. The zero-order valence-corrected chi connectivity index (χ0v) is 29.2. The van der Waals surface area contributed by atoms with Crippen LogP contribution in [0.5, 0.6) is 0 Å². The number of hydrogen-bond acceptors (Lipinski definition) is 4. The number of carbonyl (C=O) groups excluding carboxylic acids is 1. The van der Waals surface area contributed by atoms with Crippen LogP contribution in [-0.2, 0) is 28.1 Å². The van der Waals surface area contributed by atoms with Crippen LogP contribution in [0, 0.1) is 38.3 Å². The van der Waals surface area contributed by atoms with Gasteiger partial charge in [-0.05, 0) is 81.9 Å². The van der Waals surface area contributed by atoms with Gasteiger partial charge >= 0.3 is 12.1 Å². The highest BCUT2D eigenvalue weighted by molar-refractivity contribution is 5.82. The molecule has 0 fully saturated rings. The summed E-state index contributed by atoms with van der Waals surface area (Å²) < 4.78 is 105. The quantitative estimate of drug-likeness (QED) is 0.176. The van der Waals surface area contributed by atoms with Crippen LogP contribution in [0.15, 0.2) is 35.3 Å². The third-order valence-corrected chi connectivity index (χ3v) is 8.33. The summed E-state index contributed by atoms with van der Waals surface area (Å²) in [4.78, 5) is 40.8. The maximum Gasteiger partial charge on any atom is 0.416 e. The van der Waals surface area contributed by atoms with Gasteiger partial charge in [-0.25, -0.2) is 17.6 Å². The molecule has 0 bridgehead atoms. The molecule has 2 aromatic carbocycles. The zero-order valence-electron chi connectivity index (χ0n) is 29.2. The lowest BCUT2D eigenvalue weighted by atomic mass is 9.87. The van der Waals surface area contributed by atoms with E-state index in [9.17, 15) is 41.4 Å². The molecule has 2 atom stereocenters. The third-order valence-electron chi connectivity index (χ3n) is 8.33. The second-order valence-electron chi connectivity index (χ2n) is 13.5. The first kappa shape index (κ1) is 40.2. The minimum absolute atomic E-state index is 0.155. The van der Waals surface area contributed by atoms with Crippen molar-refractivity contribution in [1.29, 1.82) is 0 Å². The van der Waals surface area contributed by atoms with Crippen molar-refractivity contribution in [3.8, 4) is 11.1 Å². The van der Waals surface area contributed by atoms with Crippen molar-refractivity contribution in [2.24, 2.45) is 5.92 Å². The summed E-state index contributed by atoms with van der Waals surface area (Å²) >= 11 is 0. The Morgan fingerprint density at radius 1 is 0.940 bits per heavy atom. The molecular weight excluding hydrogens is 671 g/mol. The number of halogens is 7. The van der Waals surface area contributed by atoms with E-state index in [1.165, 1.54) is 0 Å². The van der Waals surface area contributed by atoms with E-state index in [4.69, 9.17) is 0 Å². The Labute approximate surface area is 286 Å². The van der Waals surface area contributed by atoms with Crippen LogP contribution in [0.3, 0.4) is 0 Å². The molecule has 14 heteroatoms. The van der Waals surface area contributed by atoms with E-state index in [2.05, 4.69) is 5.32 Å². The standard InChI is InChI=1S/C36H42F7N3O4/c1-18(2)11-27(46-17-22(9-10-45(7)8)24(15-28(46)47)36(41,42)43)34(50)44-26(16-29(48)49)31-32(37)23(14-25(33(31)38)35(6,39)40)30-20(4)12-19(3)13-21(30)5/h12-15,17-18,26-27H,9-11,16H2,1-8H3,(H,44,50)(H,48,49)/t26-,27-/m0/s1. The zero-order chi connectivity index (χ0) is 38.0.